The van der Waals surface area contributed by atoms with Crippen LogP contribution in [0.2, 0.25) is 0 Å². The maximum Gasteiger partial charge on any atom is 0.128 e. The van der Waals surface area contributed by atoms with E-state index in [0.717, 1.165) is 0 Å². The van der Waals surface area contributed by atoms with Crippen LogP contribution in [0.5, 0.6) is 11.5 Å². The number of ether oxygens (including phenoxy) is 2. The minimum Gasteiger partial charge on any atom is -0.497 e. The molecule has 0 spiro atoms. The quantitative estimate of drug-likeness (QED) is 0.768. The van der Waals surface area contributed by atoms with Crippen molar-refractivity contribution < 1.29 is 19.7 Å². The lowest BCUT2D eigenvalue weighted by molar-refractivity contribution is 0.176. The first-order valence-corrected chi connectivity index (χ1v) is 4.78. The van der Waals surface area contributed by atoms with Gasteiger partial charge in [-0.2, -0.15) is 0 Å². The van der Waals surface area contributed by atoms with E-state index in [4.69, 9.17) is 14.6 Å². The first-order chi connectivity index (χ1) is 7.19. The van der Waals surface area contributed by atoms with Gasteiger partial charge in [0.25, 0.3) is 0 Å². The number of hydrogen-bond acceptors (Lipinski definition) is 4. The molecule has 0 aliphatic heterocycles. The van der Waals surface area contributed by atoms with E-state index in [1.165, 1.54) is 0 Å². The molecule has 0 radical (unpaired) electrons. The molecular formula is C11H16O4. The second-order valence-corrected chi connectivity index (χ2v) is 3.15. The fourth-order valence-corrected chi connectivity index (χ4v) is 1.27. The number of benzene rings is 1. The standard InChI is InChI=1S/C11H16O4/c1-8(13)10-4-3-9(14-2)7-11(10)15-6-5-12/h3-4,7-8,12-13H,5-6H2,1-2H3/t8-/m1/s1. The van der Waals surface area contributed by atoms with Gasteiger partial charge in [0.2, 0.25) is 0 Å². The molecule has 0 amide bonds. The van der Waals surface area contributed by atoms with Crippen LogP contribution in [0, 0.1) is 0 Å². The van der Waals surface area contributed by atoms with Gasteiger partial charge >= 0.3 is 0 Å². The lowest BCUT2D eigenvalue weighted by Gasteiger charge is -2.13. The summed E-state index contributed by atoms with van der Waals surface area (Å²) in [6.45, 7) is 1.80. The van der Waals surface area contributed by atoms with Crippen LogP contribution in [0.3, 0.4) is 0 Å². The summed E-state index contributed by atoms with van der Waals surface area (Å²) in [7, 11) is 1.56. The molecule has 0 aromatic heterocycles. The Hall–Kier alpha value is -1.26. The van der Waals surface area contributed by atoms with Gasteiger partial charge in [-0.25, -0.2) is 0 Å². The third-order valence-electron chi connectivity index (χ3n) is 2.02. The second-order valence-electron chi connectivity index (χ2n) is 3.15. The normalized spacial score (nSPS) is 12.3. The van der Waals surface area contributed by atoms with Crippen LogP contribution in [0.4, 0.5) is 0 Å². The highest BCUT2D eigenvalue weighted by molar-refractivity contribution is 5.41. The molecule has 1 atom stereocenters. The Morgan fingerprint density at radius 1 is 1.40 bits per heavy atom. The highest BCUT2D eigenvalue weighted by atomic mass is 16.5. The Labute approximate surface area is 89.1 Å². The SMILES string of the molecule is COc1ccc([C@@H](C)O)c(OCCO)c1. The molecule has 0 unspecified atom stereocenters. The van der Waals surface area contributed by atoms with Crippen molar-refractivity contribution in [2.45, 2.75) is 13.0 Å². The van der Waals surface area contributed by atoms with E-state index in [1.807, 2.05) is 0 Å². The van der Waals surface area contributed by atoms with E-state index in [9.17, 15) is 5.11 Å². The van der Waals surface area contributed by atoms with Crippen LogP contribution >= 0.6 is 0 Å². The molecule has 4 nitrogen and oxygen atoms in total. The zero-order valence-corrected chi connectivity index (χ0v) is 8.93. The van der Waals surface area contributed by atoms with Crippen LogP contribution < -0.4 is 9.47 Å². The molecule has 0 saturated carbocycles. The van der Waals surface area contributed by atoms with Crippen LogP contribution in [0.1, 0.15) is 18.6 Å². The van der Waals surface area contributed by atoms with E-state index in [-0.39, 0.29) is 13.2 Å². The van der Waals surface area contributed by atoms with Gasteiger partial charge in [0.1, 0.15) is 18.1 Å². The Bertz CT molecular complexity index is 309. The molecule has 1 aromatic carbocycles. The van der Waals surface area contributed by atoms with Gasteiger partial charge < -0.3 is 19.7 Å². The lowest BCUT2D eigenvalue weighted by Crippen LogP contribution is -2.05. The largest absolute Gasteiger partial charge is 0.497 e. The molecule has 0 aliphatic rings. The van der Waals surface area contributed by atoms with Crippen LogP contribution in [0.25, 0.3) is 0 Å². The maximum absolute atomic E-state index is 9.48. The predicted molar refractivity (Wildman–Crippen MR) is 56.2 cm³/mol. The Morgan fingerprint density at radius 3 is 2.67 bits per heavy atom. The zero-order chi connectivity index (χ0) is 11.3. The van der Waals surface area contributed by atoms with Crippen molar-refractivity contribution in [1.82, 2.24) is 0 Å². The summed E-state index contributed by atoms with van der Waals surface area (Å²) >= 11 is 0. The van der Waals surface area contributed by atoms with E-state index in [0.29, 0.717) is 17.1 Å². The second kappa shape index (κ2) is 5.58. The van der Waals surface area contributed by atoms with Crippen LogP contribution in [-0.4, -0.2) is 30.5 Å². The summed E-state index contributed by atoms with van der Waals surface area (Å²) in [5, 5.41) is 18.1. The molecule has 0 heterocycles. The topological polar surface area (TPSA) is 58.9 Å². The average Bonchev–Trinajstić information content (AvgIpc) is 2.25. The lowest BCUT2D eigenvalue weighted by atomic mass is 10.1. The van der Waals surface area contributed by atoms with Gasteiger partial charge in [-0.1, -0.05) is 0 Å². The molecule has 4 heteroatoms. The Morgan fingerprint density at radius 2 is 2.13 bits per heavy atom. The first kappa shape index (κ1) is 11.8. The smallest absolute Gasteiger partial charge is 0.128 e. The van der Waals surface area contributed by atoms with Gasteiger partial charge in [-0.05, 0) is 19.1 Å². The predicted octanol–water partition coefficient (Wildman–Crippen LogP) is 1.12. The van der Waals surface area contributed by atoms with Gasteiger partial charge in [0.15, 0.2) is 0 Å². The minimum atomic E-state index is -0.607. The highest BCUT2D eigenvalue weighted by Crippen LogP contribution is 2.29. The summed E-state index contributed by atoms with van der Waals surface area (Å²) in [4.78, 5) is 0. The molecule has 15 heavy (non-hydrogen) atoms. The molecule has 0 saturated heterocycles. The number of aliphatic hydroxyl groups excluding tert-OH is 2. The van der Waals surface area contributed by atoms with E-state index in [2.05, 4.69) is 0 Å². The van der Waals surface area contributed by atoms with Crippen molar-refractivity contribution in [1.29, 1.82) is 0 Å². The fraction of sp³-hybridized carbons (Fsp3) is 0.455. The van der Waals surface area contributed by atoms with Gasteiger partial charge in [-0.15, -0.1) is 0 Å². The summed E-state index contributed by atoms with van der Waals surface area (Å²) < 4.78 is 10.3. The van der Waals surface area contributed by atoms with Crippen molar-refractivity contribution in [2.75, 3.05) is 20.3 Å². The minimum absolute atomic E-state index is 0.0591. The molecule has 0 bridgehead atoms. The highest BCUT2D eigenvalue weighted by Gasteiger charge is 2.10. The molecule has 1 aromatic rings. The Balaban J connectivity index is 2.94. The summed E-state index contributed by atoms with van der Waals surface area (Å²) in [5.74, 6) is 1.20. The molecule has 0 fully saturated rings. The molecular weight excluding hydrogens is 196 g/mol. The maximum atomic E-state index is 9.48. The Kier molecular flexibility index (Phi) is 4.39. The third-order valence-corrected chi connectivity index (χ3v) is 2.02. The molecule has 1 rings (SSSR count). The first-order valence-electron chi connectivity index (χ1n) is 4.78. The molecule has 0 aliphatic carbocycles. The van der Waals surface area contributed by atoms with Crippen molar-refractivity contribution in [3.05, 3.63) is 23.8 Å². The van der Waals surface area contributed by atoms with Gasteiger partial charge in [0.05, 0.1) is 19.8 Å². The zero-order valence-electron chi connectivity index (χ0n) is 8.93. The number of rotatable bonds is 5. The van der Waals surface area contributed by atoms with Crippen molar-refractivity contribution in [2.24, 2.45) is 0 Å². The number of aliphatic hydroxyl groups is 2. The van der Waals surface area contributed by atoms with Crippen molar-refractivity contribution in [3.63, 3.8) is 0 Å². The van der Waals surface area contributed by atoms with E-state index >= 15 is 0 Å². The summed E-state index contributed by atoms with van der Waals surface area (Å²) in [6.07, 6.45) is -0.607. The summed E-state index contributed by atoms with van der Waals surface area (Å²) in [5.41, 5.74) is 0.684. The van der Waals surface area contributed by atoms with E-state index < -0.39 is 6.10 Å². The summed E-state index contributed by atoms with van der Waals surface area (Å²) in [6, 6.07) is 5.20. The molecule has 2 N–H and O–H groups in total. The number of methoxy groups -OCH3 is 1. The monoisotopic (exact) mass is 212 g/mol. The van der Waals surface area contributed by atoms with Crippen LogP contribution in [-0.2, 0) is 0 Å². The molecule has 84 valence electrons. The van der Waals surface area contributed by atoms with Crippen LogP contribution in [0.15, 0.2) is 18.2 Å². The number of hydrogen-bond donors (Lipinski definition) is 2. The average molecular weight is 212 g/mol. The van der Waals surface area contributed by atoms with Gasteiger partial charge in [-0.3, -0.25) is 0 Å². The van der Waals surface area contributed by atoms with E-state index in [1.54, 1.807) is 32.2 Å². The third kappa shape index (κ3) is 3.11. The van der Waals surface area contributed by atoms with Crippen molar-refractivity contribution >= 4 is 0 Å². The van der Waals surface area contributed by atoms with Crippen molar-refractivity contribution in [3.8, 4) is 11.5 Å². The fourth-order valence-electron chi connectivity index (χ4n) is 1.27. The van der Waals surface area contributed by atoms with Gasteiger partial charge in [0, 0.05) is 11.6 Å².